The molecule has 0 amide bonds. The van der Waals surface area contributed by atoms with Gasteiger partial charge >= 0.3 is 17.9 Å². The molecule has 0 heterocycles. The van der Waals surface area contributed by atoms with Crippen LogP contribution in [0.5, 0.6) is 0 Å². The van der Waals surface area contributed by atoms with Gasteiger partial charge in [-0.05, 0) is 128 Å². The quantitative estimate of drug-likeness (QED) is 0.0261. The number of carbonyl (C=O) groups is 3. The Balaban J connectivity index is 4.34. The minimum absolute atomic E-state index is 0.0878. The average Bonchev–Trinajstić information content (AvgIpc) is 3.49. The summed E-state index contributed by atoms with van der Waals surface area (Å²) in [5.41, 5.74) is 0. The topological polar surface area (TPSA) is 78.9 Å². The SMILES string of the molecule is CC/C=C\C/C=C\C/C=C\C/C=C\C/C=C\C/C=C\C/C=C\CCCCCCCC(=O)OCC(COC(=O)CCCCCCC/C=C\CCCCCC)OC(=O)CCCCCCCCCCCCCCC/C=C\CCCCCCCCCC. The Morgan fingerprint density at radius 3 is 0.759 bits per heavy atom. The molecule has 1 atom stereocenters. The van der Waals surface area contributed by atoms with Gasteiger partial charge in [0.15, 0.2) is 6.10 Å². The van der Waals surface area contributed by atoms with Crippen LogP contribution < -0.4 is 0 Å². The van der Waals surface area contributed by atoms with E-state index in [1.165, 1.54) is 173 Å². The molecule has 0 aromatic carbocycles. The number of carbonyl (C=O) groups excluding carboxylic acids is 3. The summed E-state index contributed by atoms with van der Waals surface area (Å²) < 4.78 is 17.0. The molecule has 83 heavy (non-hydrogen) atoms. The van der Waals surface area contributed by atoms with E-state index in [-0.39, 0.29) is 31.1 Å². The minimum atomic E-state index is -0.793. The van der Waals surface area contributed by atoms with Crippen LogP contribution in [0.25, 0.3) is 0 Å². The number of allylic oxidation sites excluding steroid dienone is 18. The average molecular weight is 1150 g/mol. The molecule has 476 valence electrons. The summed E-state index contributed by atoms with van der Waals surface area (Å²) in [5.74, 6) is -0.903. The zero-order chi connectivity index (χ0) is 59.9. The summed E-state index contributed by atoms with van der Waals surface area (Å²) >= 11 is 0. The maximum Gasteiger partial charge on any atom is 0.306 e. The Bertz CT molecular complexity index is 1660. The van der Waals surface area contributed by atoms with Crippen LogP contribution in [0.3, 0.4) is 0 Å². The molecule has 0 aliphatic rings. The first-order valence-corrected chi connectivity index (χ1v) is 35.4. The van der Waals surface area contributed by atoms with Crippen LogP contribution in [-0.2, 0) is 28.6 Å². The van der Waals surface area contributed by atoms with Crippen molar-refractivity contribution in [3.63, 3.8) is 0 Å². The third-order valence-electron chi connectivity index (χ3n) is 15.2. The predicted octanol–water partition coefficient (Wildman–Crippen LogP) is 24.6. The summed E-state index contributed by atoms with van der Waals surface area (Å²) in [6, 6.07) is 0. The maximum atomic E-state index is 13.0. The summed E-state index contributed by atoms with van der Waals surface area (Å²) in [4.78, 5) is 38.4. The molecule has 0 aromatic rings. The summed E-state index contributed by atoms with van der Waals surface area (Å²) in [6.07, 6.45) is 96.8. The zero-order valence-electron chi connectivity index (χ0n) is 54.7. The van der Waals surface area contributed by atoms with Crippen LogP contribution in [-0.4, -0.2) is 37.2 Å². The van der Waals surface area contributed by atoms with E-state index in [4.69, 9.17) is 14.2 Å². The van der Waals surface area contributed by atoms with E-state index >= 15 is 0 Å². The monoisotopic (exact) mass is 1150 g/mol. The summed E-state index contributed by atoms with van der Waals surface area (Å²) in [5, 5.41) is 0. The van der Waals surface area contributed by atoms with Crippen molar-refractivity contribution >= 4 is 17.9 Å². The van der Waals surface area contributed by atoms with Gasteiger partial charge < -0.3 is 14.2 Å². The van der Waals surface area contributed by atoms with Gasteiger partial charge in [-0.1, -0.05) is 304 Å². The number of ether oxygens (including phenoxy) is 3. The minimum Gasteiger partial charge on any atom is -0.462 e. The van der Waals surface area contributed by atoms with Crippen molar-refractivity contribution in [1.82, 2.24) is 0 Å². The molecule has 0 fully saturated rings. The molecule has 0 bridgehead atoms. The van der Waals surface area contributed by atoms with Crippen LogP contribution in [0.2, 0.25) is 0 Å². The van der Waals surface area contributed by atoms with Crippen LogP contribution in [0.4, 0.5) is 0 Å². The lowest BCUT2D eigenvalue weighted by Gasteiger charge is -2.18. The van der Waals surface area contributed by atoms with Crippen LogP contribution in [0.15, 0.2) is 109 Å². The van der Waals surface area contributed by atoms with Crippen molar-refractivity contribution in [3.05, 3.63) is 109 Å². The van der Waals surface area contributed by atoms with Crippen molar-refractivity contribution in [2.24, 2.45) is 0 Å². The van der Waals surface area contributed by atoms with Gasteiger partial charge in [-0.25, -0.2) is 0 Å². The number of unbranched alkanes of at least 4 members (excludes halogenated alkanes) is 35. The third-order valence-corrected chi connectivity index (χ3v) is 15.2. The molecule has 6 nitrogen and oxygen atoms in total. The lowest BCUT2D eigenvalue weighted by Crippen LogP contribution is -2.30. The Hall–Kier alpha value is -3.93. The Morgan fingerprint density at radius 2 is 0.470 bits per heavy atom. The van der Waals surface area contributed by atoms with E-state index in [1.54, 1.807) is 0 Å². The van der Waals surface area contributed by atoms with E-state index in [0.29, 0.717) is 19.3 Å². The summed E-state index contributed by atoms with van der Waals surface area (Å²) in [6.45, 7) is 6.52. The fourth-order valence-corrected chi connectivity index (χ4v) is 9.94. The molecular weight excluding hydrogens is 1020 g/mol. The Labute approximate surface area is 514 Å². The van der Waals surface area contributed by atoms with Gasteiger partial charge in [0.1, 0.15) is 13.2 Å². The highest BCUT2D eigenvalue weighted by molar-refractivity contribution is 5.71. The molecular formula is C77H132O6. The van der Waals surface area contributed by atoms with Gasteiger partial charge in [0.25, 0.3) is 0 Å². The van der Waals surface area contributed by atoms with E-state index in [1.807, 2.05) is 0 Å². The second-order valence-corrected chi connectivity index (χ2v) is 23.4. The molecule has 0 aliphatic heterocycles. The van der Waals surface area contributed by atoms with Gasteiger partial charge in [0.05, 0.1) is 0 Å². The van der Waals surface area contributed by atoms with Crippen molar-refractivity contribution in [3.8, 4) is 0 Å². The summed E-state index contributed by atoms with van der Waals surface area (Å²) in [7, 11) is 0. The fraction of sp³-hybridized carbons (Fsp3) is 0.727. The molecule has 0 rings (SSSR count). The Morgan fingerprint density at radius 1 is 0.253 bits per heavy atom. The number of hydrogen-bond donors (Lipinski definition) is 0. The Kier molecular flexibility index (Phi) is 67.2. The first-order chi connectivity index (χ1) is 41.0. The molecule has 0 radical (unpaired) electrons. The van der Waals surface area contributed by atoms with E-state index in [2.05, 4.69) is 130 Å². The van der Waals surface area contributed by atoms with Crippen LogP contribution >= 0.6 is 0 Å². The van der Waals surface area contributed by atoms with Gasteiger partial charge in [0, 0.05) is 19.3 Å². The van der Waals surface area contributed by atoms with Crippen LogP contribution in [0, 0.1) is 0 Å². The van der Waals surface area contributed by atoms with E-state index in [9.17, 15) is 14.4 Å². The number of hydrogen-bond acceptors (Lipinski definition) is 6. The van der Waals surface area contributed by atoms with Crippen molar-refractivity contribution in [2.45, 2.75) is 348 Å². The molecule has 0 saturated heterocycles. The highest BCUT2D eigenvalue weighted by Gasteiger charge is 2.19. The van der Waals surface area contributed by atoms with Crippen molar-refractivity contribution < 1.29 is 28.6 Å². The van der Waals surface area contributed by atoms with Gasteiger partial charge in [-0.15, -0.1) is 0 Å². The first kappa shape index (κ1) is 79.1. The second kappa shape index (κ2) is 70.6. The normalized spacial score (nSPS) is 12.8. The number of rotatable bonds is 64. The molecule has 6 heteroatoms. The van der Waals surface area contributed by atoms with E-state index in [0.717, 1.165) is 128 Å². The number of esters is 3. The highest BCUT2D eigenvalue weighted by Crippen LogP contribution is 2.17. The second-order valence-electron chi connectivity index (χ2n) is 23.4. The third kappa shape index (κ3) is 68.7. The zero-order valence-corrected chi connectivity index (χ0v) is 54.7. The fourth-order valence-electron chi connectivity index (χ4n) is 9.94. The van der Waals surface area contributed by atoms with Gasteiger partial charge in [0.2, 0.25) is 0 Å². The lowest BCUT2D eigenvalue weighted by atomic mass is 10.0. The predicted molar refractivity (Wildman–Crippen MR) is 362 cm³/mol. The standard InChI is InChI=1S/C77H132O6/c1-4-7-10-13-16-19-22-25-27-29-31-33-35-37-38-40-41-43-45-47-49-52-55-58-61-64-67-70-76(79)82-73-74(72-81-75(78)69-66-63-60-57-54-51-24-21-18-15-12-9-6-3)83-77(80)71-68-65-62-59-56-53-50-48-46-44-42-39-36-34-32-30-28-26-23-20-17-14-11-8-5-2/h7,10,16,19,21,24-25,27,30-33,37-38,41,43,47,49,74H,4-6,8-9,11-15,17-18,20,22-23,26,28-29,34-36,39-40,42,44-46,48,50-73H2,1-3H3/b10-7-,19-16-,24-21-,27-25-,32-30-,33-31-,38-37-,43-41-,49-47-. The molecule has 0 aromatic heterocycles. The highest BCUT2D eigenvalue weighted by atomic mass is 16.6. The molecule has 1 unspecified atom stereocenters. The molecule has 0 spiro atoms. The smallest absolute Gasteiger partial charge is 0.306 e. The lowest BCUT2D eigenvalue weighted by molar-refractivity contribution is -0.167. The van der Waals surface area contributed by atoms with E-state index < -0.39 is 6.10 Å². The molecule has 0 N–H and O–H groups in total. The van der Waals surface area contributed by atoms with Crippen molar-refractivity contribution in [1.29, 1.82) is 0 Å². The van der Waals surface area contributed by atoms with Crippen LogP contribution in [0.1, 0.15) is 342 Å². The molecule has 0 aliphatic carbocycles. The van der Waals surface area contributed by atoms with Gasteiger partial charge in [-0.2, -0.15) is 0 Å². The maximum absolute atomic E-state index is 13.0. The molecule has 0 saturated carbocycles. The van der Waals surface area contributed by atoms with Gasteiger partial charge in [-0.3, -0.25) is 14.4 Å². The first-order valence-electron chi connectivity index (χ1n) is 35.4. The largest absolute Gasteiger partial charge is 0.462 e. The van der Waals surface area contributed by atoms with Crippen molar-refractivity contribution in [2.75, 3.05) is 13.2 Å².